The van der Waals surface area contributed by atoms with Gasteiger partial charge in [-0.1, -0.05) is 19.9 Å². The van der Waals surface area contributed by atoms with Crippen molar-refractivity contribution in [3.63, 3.8) is 0 Å². The van der Waals surface area contributed by atoms with Crippen LogP contribution in [-0.2, 0) is 6.54 Å². The van der Waals surface area contributed by atoms with Crippen LogP contribution in [0, 0.1) is 5.92 Å². The summed E-state index contributed by atoms with van der Waals surface area (Å²) >= 11 is 0. The molecule has 130 valence electrons. The molecule has 0 amide bonds. The first-order chi connectivity index (χ1) is 10.8. The Hall–Kier alpha value is -1.99. The van der Waals surface area contributed by atoms with Crippen LogP contribution in [0.5, 0.6) is 5.88 Å². The van der Waals surface area contributed by atoms with Crippen molar-refractivity contribution in [1.82, 2.24) is 15.6 Å². The highest BCUT2D eigenvalue weighted by molar-refractivity contribution is 5.79. The molecular weight excluding hydrogens is 309 g/mol. The first-order valence-corrected chi connectivity index (χ1v) is 7.47. The van der Waals surface area contributed by atoms with Crippen molar-refractivity contribution in [2.75, 3.05) is 19.7 Å². The van der Waals surface area contributed by atoms with Gasteiger partial charge in [0.05, 0.1) is 6.54 Å². The predicted molar refractivity (Wildman–Crippen MR) is 83.4 cm³/mol. The Morgan fingerprint density at radius 2 is 2.04 bits per heavy atom. The summed E-state index contributed by atoms with van der Waals surface area (Å²) in [7, 11) is 0. The molecule has 0 unspecified atom stereocenters. The molecule has 1 rings (SSSR count). The van der Waals surface area contributed by atoms with Crippen LogP contribution in [0.2, 0.25) is 0 Å². The smallest absolute Gasteiger partial charge is 0.422 e. The number of pyridine rings is 1. The Balaban J connectivity index is 2.56. The van der Waals surface area contributed by atoms with Gasteiger partial charge < -0.3 is 15.4 Å². The van der Waals surface area contributed by atoms with Crippen molar-refractivity contribution in [2.24, 2.45) is 10.9 Å². The lowest BCUT2D eigenvalue weighted by atomic mass is 10.2. The van der Waals surface area contributed by atoms with Gasteiger partial charge in [-0.3, -0.25) is 0 Å². The zero-order chi connectivity index (χ0) is 17.3. The highest BCUT2D eigenvalue weighted by atomic mass is 19.4. The third-order valence-corrected chi connectivity index (χ3v) is 2.62. The van der Waals surface area contributed by atoms with Gasteiger partial charge >= 0.3 is 6.18 Å². The summed E-state index contributed by atoms with van der Waals surface area (Å²) in [6.07, 6.45) is -2.91. The molecule has 0 radical (unpaired) electrons. The van der Waals surface area contributed by atoms with Crippen molar-refractivity contribution in [3.8, 4) is 5.88 Å². The Labute approximate surface area is 134 Å². The van der Waals surface area contributed by atoms with Gasteiger partial charge in [0.15, 0.2) is 12.6 Å². The van der Waals surface area contributed by atoms with Crippen LogP contribution < -0.4 is 15.4 Å². The maximum atomic E-state index is 12.0. The Bertz CT molecular complexity index is 486. The maximum Gasteiger partial charge on any atom is 0.422 e. The lowest BCUT2D eigenvalue weighted by Gasteiger charge is -2.13. The fraction of sp³-hybridized carbons (Fsp3) is 0.600. The van der Waals surface area contributed by atoms with E-state index in [1.165, 1.54) is 12.3 Å². The largest absolute Gasteiger partial charge is 0.468 e. The molecule has 0 bridgehead atoms. The van der Waals surface area contributed by atoms with E-state index in [2.05, 4.69) is 39.2 Å². The number of ether oxygens (including phenoxy) is 1. The van der Waals surface area contributed by atoms with Gasteiger partial charge in [0.25, 0.3) is 0 Å². The molecule has 0 fully saturated rings. The average molecular weight is 332 g/mol. The molecule has 1 aromatic rings. The number of aliphatic imine (C=N–C) groups is 1. The Morgan fingerprint density at radius 3 is 2.57 bits per heavy atom. The van der Waals surface area contributed by atoms with E-state index in [4.69, 9.17) is 0 Å². The normalized spacial score (nSPS) is 12.4. The van der Waals surface area contributed by atoms with Crippen molar-refractivity contribution in [1.29, 1.82) is 0 Å². The van der Waals surface area contributed by atoms with Crippen LogP contribution in [-0.4, -0.2) is 36.8 Å². The van der Waals surface area contributed by atoms with Crippen molar-refractivity contribution in [2.45, 2.75) is 33.5 Å². The van der Waals surface area contributed by atoms with Gasteiger partial charge in [-0.2, -0.15) is 13.2 Å². The summed E-state index contributed by atoms with van der Waals surface area (Å²) in [5, 5.41) is 6.33. The van der Waals surface area contributed by atoms with E-state index < -0.39 is 12.8 Å². The SMILES string of the molecule is CCNC(=NCc1ccc(OCC(F)(F)F)nc1)NCC(C)C. The molecular formula is C15H23F3N4O. The van der Waals surface area contributed by atoms with Gasteiger partial charge in [0, 0.05) is 25.4 Å². The number of hydrogen-bond donors (Lipinski definition) is 2. The van der Waals surface area contributed by atoms with Crippen LogP contribution >= 0.6 is 0 Å². The molecule has 0 aliphatic rings. The number of guanidine groups is 1. The minimum atomic E-state index is -4.37. The summed E-state index contributed by atoms with van der Waals surface area (Å²) in [4.78, 5) is 8.25. The highest BCUT2D eigenvalue weighted by Gasteiger charge is 2.28. The van der Waals surface area contributed by atoms with E-state index in [1.54, 1.807) is 6.07 Å². The number of rotatable bonds is 7. The molecule has 0 saturated heterocycles. The summed E-state index contributed by atoms with van der Waals surface area (Å²) < 4.78 is 40.7. The number of halogens is 3. The molecule has 0 aliphatic heterocycles. The molecule has 0 aromatic carbocycles. The van der Waals surface area contributed by atoms with Crippen LogP contribution in [0.15, 0.2) is 23.3 Å². The van der Waals surface area contributed by atoms with E-state index in [9.17, 15) is 13.2 Å². The Morgan fingerprint density at radius 1 is 1.30 bits per heavy atom. The zero-order valence-electron chi connectivity index (χ0n) is 13.6. The number of alkyl halides is 3. The van der Waals surface area contributed by atoms with Gasteiger partial charge in [-0.15, -0.1) is 0 Å². The zero-order valence-corrected chi connectivity index (χ0v) is 13.6. The molecule has 5 nitrogen and oxygen atoms in total. The number of nitrogens with zero attached hydrogens (tertiary/aromatic N) is 2. The van der Waals surface area contributed by atoms with Crippen LogP contribution in [0.25, 0.3) is 0 Å². The summed E-state index contributed by atoms with van der Waals surface area (Å²) in [5.41, 5.74) is 0.783. The van der Waals surface area contributed by atoms with Crippen LogP contribution in [0.3, 0.4) is 0 Å². The summed E-state index contributed by atoms with van der Waals surface area (Å²) in [6.45, 7) is 6.74. The molecule has 8 heteroatoms. The van der Waals surface area contributed by atoms with E-state index in [0.717, 1.165) is 18.7 Å². The Kier molecular flexibility index (Phi) is 7.64. The van der Waals surface area contributed by atoms with Crippen molar-refractivity contribution < 1.29 is 17.9 Å². The van der Waals surface area contributed by atoms with Crippen LogP contribution in [0.1, 0.15) is 26.3 Å². The molecule has 1 heterocycles. The topological polar surface area (TPSA) is 58.5 Å². The van der Waals surface area contributed by atoms with E-state index in [0.29, 0.717) is 18.4 Å². The molecule has 1 aromatic heterocycles. The average Bonchev–Trinajstić information content (AvgIpc) is 2.48. The lowest BCUT2D eigenvalue weighted by molar-refractivity contribution is -0.154. The molecule has 2 N–H and O–H groups in total. The third-order valence-electron chi connectivity index (χ3n) is 2.62. The third kappa shape index (κ3) is 8.90. The lowest BCUT2D eigenvalue weighted by Crippen LogP contribution is -2.39. The van der Waals surface area contributed by atoms with Gasteiger partial charge in [0.1, 0.15) is 0 Å². The molecule has 23 heavy (non-hydrogen) atoms. The first-order valence-electron chi connectivity index (χ1n) is 7.47. The monoisotopic (exact) mass is 332 g/mol. The summed E-state index contributed by atoms with van der Waals surface area (Å²) in [6, 6.07) is 3.05. The highest BCUT2D eigenvalue weighted by Crippen LogP contribution is 2.17. The fourth-order valence-corrected chi connectivity index (χ4v) is 1.56. The molecule has 0 saturated carbocycles. The fourth-order valence-electron chi connectivity index (χ4n) is 1.56. The second kappa shape index (κ2) is 9.22. The molecule has 0 atom stereocenters. The second-order valence-electron chi connectivity index (χ2n) is 5.38. The number of aromatic nitrogens is 1. The second-order valence-corrected chi connectivity index (χ2v) is 5.38. The van der Waals surface area contributed by atoms with E-state index in [-0.39, 0.29) is 5.88 Å². The number of nitrogens with one attached hydrogen (secondary N) is 2. The van der Waals surface area contributed by atoms with Gasteiger partial charge in [-0.25, -0.2) is 9.98 Å². The van der Waals surface area contributed by atoms with Crippen molar-refractivity contribution >= 4 is 5.96 Å². The van der Waals surface area contributed by atoms with E-state index >= 15 is 0 Å². The standard InChI is InChI=1S/C15H23F3N4O/c1-4-19-14(21-7-11(2)3)22-9-12-5-6-13(20-8-12)23-10-15(16,17)18/h5-6,8,11H,4,7,9-10H2,1-3H3,(H2,19,21,22). The minimum Gasteiger partial charge on any atom is -0.468 e. The first kappa shape index (κ1) is 19.1. The van der Waals surface area contributed by atoms with Crippen molar-refractivity contribution in [3.05, 3.63) is 23.9 Å². The summed E-state index contributed by atoms with van der Waals surface area (Å²) in [5.74, 6) is 1.13. The van der Waals surface area contributed by atoms with Gasteiger partial charge in [-0.05, 0) is 18.4 Å². The maximum absolute atomic E-state index is 12.0. The van der Waals surface area contributed by atoms with E-state index in [1.807, 2.05) is 6.92 Å². The predicted octanol–water partition coefficient (Wildman–Crippen LogP) is 2.73. The minimum absolute atomic E-state index is 0.0557. The molecule has 0 aliphatic carbocycles. The number of hydrogen-bond acceptors (Lipinski definition) is 3. The quantitative estimate of drug-likeness (QED) is 0.595. The van der Waals surface area contributed by atoms with Crippen LogP contribution in [0.4, 0.5) is 13.2 Å². The molecule has 0 spiro atoms. The van der Waals surface area contributed by atoms with Gasteiger partial charge in [0.2, 0.25) is 5.88 Å².